The summed E-state index contributed by atoms with van der Waals surface area (Å²) >= 11 is 0. The lowest BCUT2D eigenvalue weighted by molar-refractivity contribution is -0.137. The lowest BCUT2D eigenvalue weighted by atomic mass is 10.0. The van der Waals surface area contributed by atoms with Gasteiger partial charge in [-0.15, -0.1) is 0 Å². The molecular formula is C15H20F4N2. The second-order valence-electron chi connectivity index (χ2n) is 5.39. The molecule has 0 saturated carbocycles. The number of anilines is 1. The summed E-state index contributed by atoms with van der Waals surface area (Å²) in [6.07, 6.45) is -2.81. The van der Waals surface area contributed by atoms with Crippen LogP contribution in [0.3, 0.4) is 0 Å². The Hall–Kier alpha value is -1.30. The number of rotatable bonds is 3. The van der Waals surface area contributed by atoms with Crippen LogP contribution in [0.5, 0.6) is 0 Å². The van der Waals surface area contributed by atoms with E-state index in [0.29, 0.717) is 12.6 Å². The van der Waals surface area contributed by atoms with Crippen LogP contribution in [0.2, 0.25) is 0 Å². The molecule has 0 amide bonds. The van der Waals surface area contributed by atoms with Gasteiger partial charge in [-0.3, -0.25) is 0 Å². The third-order valence-electron chi connectivity index (χ3n) is 4.05. The first-order valence-electron chi connectivity index (χ1n) is 7.23. The van der Waals surface area contributed by atoms with Crippen molar-refractivity contribution in [2.45, 2.75) is 44.9 Å². The van der Waals surface area contributed by atoms with Crippen molar-refractivity contribution in [3.63, 3.8) is 0 Å². The van der Waals surface area contributed by atoms with E-state index in [1.807, 2.05) is 18.7 Å². The minimum Gasteiger partial charge on any atom is -0.363 e. The minimum absolute atomic E-state index is 0.0963. The van der Waals surface area contributed by atoms with Gasteiger partial charge in [0.05, 0.1) is 11.3 Å². The SMILES string of the molecule is CCC1CN(c2ccc(C(F)(F)F)cc2F)C(CC)CN1. The first kappa shape index (κ1) is 16.1. The molecule has 0 bridgehead atoms. The third kappa shape index (κ3) is 3.48. The Morgan fingerprint density at radius 3 is 2.48 bits per heavy atom. The van der Waals surface area contributed by atoms with Gasteiger partial charge in [0, 0.05) is 25.2 Å². The molecular weight excluding hydrogens is 284 g/mol. The zero-order valence-electron chi connectivity index (χ0n) is 12.2. The minimum atomic E-state index is -4.51. The third-order valence-corrected chi connectivity index (χ3v) is 4.05. The molecule has 2 unspecified atom stereocenters. The zero-order chi connectivity index (χ0) is 15.6. The molecule has 0 radical (unpaired) electrons. The van der Waals surface area contributed by atoms with Crippen molar-refractivity contribution in [3.05, 3.63) is 29.6 Å². The molecule has 1 aromatic carbocycles. The van der Waals surface area contributed by atoms with Crippen LogP contribution in [0.1, 0.15) is 32.3 Å². The monoisotopic (exact) mass is 304 g/mol. The van der Waals surface area contributed by atoms with Crippen molar-refractivity contribution in [3.8, 4) is 0 Å². The summed E-state index contributed by atoms with van der Waals surface area (Å²) in [6.45, 7) is 5.35. The number of hydrogen-bond acceptors (Lipinski definition) is 2. The van der Waals surface area contributed by atoms with Crippen molar-refractivity contribution < 1.29 is 17.6 Å². The number of hydrogen-bond donors (Lipinski definition) is 1. The fourth-order valence-corrected chi connectivity index (χ4v) is 2.71. The standard InChI is InChI=1S/C15H20F4N2/c1-3-11-9-21(12(4-2)8-20-11)14-6-5-10(7-13(14)16)15(17,18)19/h5-7,11-12,20H,3-4,8-9H2,1-2H3. The predicted octanol–water partition coefficient (Wildman–Crippen LogP) is 3.81. The second-order valence-corrected chi connectivity index (χ2v) is 5.39. The molecule has 1 heterocycles. The first-order chi connectivity index (χ1) is 9.86. The van der Waals surface area contributed by atoms with Crippen LogP contribution in [0.4, 0.5) is 23.2 Å². The highest BCUT2D eigenvalue weighted by atomic mass is 19.4. The van der Waals surface area contributed by atoms with Crippen molar-refractivity contribution >= 4 is 5.69 Å². The molecule has 6 heteroatoms. The summed E-state index contributed by atoms with van der Waals surface area (Å²) in [6, 6.07) is 3.12. The second kappa shape index (κ2) is 6.22. The molecule has 1 aliphatic rings. The Bertz CT molecular complexity index is 487. The summed E-state index contributed by atoms with van der Waals surface area (Å²) in [4.78, 5) is 1.89. The van der Waals surface area contributed by atoms with Gasteiger partial charge in [0.2, 0.25) is 0 Å². The normalized spacial score (nSPS) is 23.4. The average Bonchev–Trinajstić information content (AvgIpc) is 2.45. The Kier molecular flexibility index (Phi) is 4.76. The van der Waals surface area contributed by atoms with E-state index in [9.17, 15) is 17.6 Å². The Morgan fingerprint density at radius 1 is 1.24 bits per heavy atom. The predicted molar refractivity (Wildman–Crippen MR) is 74.9 cm³/mol. The largest absolute Gasteiger partial charge is 0.416 e. The smallest absolute Gasteiger partial charge is 0.363 e. The highest BCUT2D eigenvalue weighted by Crippen LogP contribution is 2.33. The topological polar surface area (TPSA) is 15.3 Å². The maximum Gasteiger partial charge on any atom is 0.416 e. The van der Waals surface area contributed by atoms with Gasteiger partial charge < -0.3 is 10.2 Å². The molecule has 1 saturated heterocycles. The number of nitrogens with zero attached hydrogens (tertiary/aromatic N) is 1. The molecule has 1 aromatic rings. The molecule has 1 fully saturated rings. The molecule has 1 N–H and O–H groups in total. The Balaban J connectivity index is 2.30. The highest BCUT2D eigenvalue weighted by molar-refractivity contribution is 5.51. The van der Waals surface area contributed by atoms with E-state index >= 15 is 0 Å². The number of piperazine rings is 1. The molecule has 0 aliphatic carbocycles. The molecule has 2 nitrogen and oxygen atoms in total. The average molecular weight is 304 g/mol. The van der Waals surface area contributed by atoms with Crippen LogP contribution in [0, 0.1) is 5.82 Å². The molecule has 21 heavy (non-hydrogen) atoms. The van der Waals surface area contributed by atoms with Crippen LogP contribution >= 0.6 is 0 Å². The van der Waals surface area contributed by atoms with Gasteiger partial charge in [-0.1, -0.05) is 13.8 Å². The van der Waals surface area contributed by atoms with Gasteiger partial charge >= 0.3 is 6.18 Å². The van der Waals surface area contributed by atoms with Crippen molar-refractivity contribution in [1.82, 2.24) is 5.32 Å². The Labute approximate surface area is 122 Å². The van der Waals surface area contributed by atoms with E-state index in [0.717, 1.165) is 25.5 Å². The van der Waals surface area contributed by atoms with Gasteiger partial charge in [0.25, 0.3) is 0 Å². The van der Waals surface area contributed by atoms with E-state index in [1.54, 1.807) is 0 Å². The van der Waals surface area contributed by atoms with Gasteiger partial charge in [0.15, 0.2) is 0 Å². The maximum atomic E-state index is 14.1. The van der Waals surface area contributed by atoms with Crippen molar-refractivity contribution in [1.29, 1.82) is 0 Å². The van der Waals surface area contributed by atoms with E-state index in [2.05, 4.69) is 5.32 Å². The van der Waals surface area contributed by atoms with Crippen LogP contribution < -0.4 is 10.2 Å². The number of nitrogens with one attached hydrogen (secondary N) is 1. The lowest BCUT2D eigenvalue weighted by Crippen LogP contribution is -2.56. The summed E-state index contributed by atoms with van der Waals surface area (Å²) < 4.78 is 52.0. The van der Waals surface area contributed by atoms with Crippen LogP contribution in [0.25, 0.3) is 0 Å². The maximum absolute atomic E-state index is 14.1. The fourth-order valence-electron chi connectivity index (χ4n) is 2.71. The molecule has 2 atom stereocenters. The summed E-state index contributed by atoms with van der Waals surface area (Å²) in [5.74, 6) is -0.806. The number of alkyl halides is 3. The van der Waals surface area contributed by atoms with Crippen molar-refractivity contribution in [2.24, 2.45) is 0 Å². The van der Waals surface area contributed by atoms with Gasteiger partial charge in [0.1, 0.15) is 5.82 Å². The Morgan fingerprint density at radius 2 is 1.95 bits per heavy atom. The number of benzene rings is 1. The fraction of sp³-hybridized carbons (Fsp3) is 0.600. The van der Waals surface area contributed by atoms with Gasteiger partial charge in [-0.2, -0.15) is 13.2 Å². The zero-order valence-corrected chi connectivity index (χ0v) is 12.2. The number of halogens is 4. The van der Waals surface area contributed by atoms with Gasteiger partial charge in [-0.05, 0) is 31.0 Å². The van der Waals surface area contributed by atoms with E-state index in [-0.39, 0.29) is 17.8 Å². The summed E-state index contributed by atoms with van der Waals surface area (Å²) in [5.41, 5.74) is -0.686. The van der Waals surface area contributed by atoms with E-state index in [4.69, 9.17) is 0 Å². The van der Waals surface area contributed by atoms with Crippen LogP contribution in [0.15, 0.2) is 18.2 Å². The van der Waals surface area contributed by atoms with Crippen LogP contribution in [-0.2, 0) is 6.18 Å². The molecule has 118 valence electrons. The lowest BCUT2D eigenvalue weighted by Gasteiger charge is -2.41. The highest BCUT2D eigenvalue weighted by Gasteiger charge is 2.33. The molecule has 2 rings (SSSR count). The first-order valence-corrected chi connectivity index (χ1v) is 7.23. The van der Waals surface area contributed by atoms with E-state index in [1.165, 1.54) is 6.07 Å². The van der Waals surface area contributed by atoms with Gasteiger partial charge in [-0.25, -0.2) is 4.39 Å². The molecule has 0 spiro atoms. The summed E-state index contributed by atoms with van der Waals surface area (Å²) in [5, 5.41) is 3.38. The molecule has 0 aromatic heterocycles. The summed E-state index contributed by atoms with van der Waals surface area (Å²) in [7, 11) is 0. The molecule has 1 aliphatic heterocycles. The van der Waals surface area contributed by atoms with E-state index < -0.39 is 17.6 Å². The van der Waals surface area contributed by atoms with Crippen molar-refractivity contribution in [2.75, 3.05) is 18.0 Å². The van der Waals surface area contributed by atoms with Crippen LogP contribution in [-0.4, -0.2) is 25.2 Å². The quantitative estimate of drug-likeness (QED) is 0.854.